The first kappa shape index (κ1) is 15.8. The maximum absolute atomic E-state index is 12.3. The largest absolute Gasteiger partial charge is 0.298 e. The lowest BCUT2D eigenvalue weighted by Crippen LogP contribution is -2.11. The molecule has 23 heavy (non-hydrogen) atoms. The zero-order valence-corrected chi connectivity index (χ0v) is 14.7. The van der Waals surface area contributed by atoms with E-state index in [1.165, 1.54) is 16.9 Å². The minimum absolute atomic E-state index is 0.216. The Morgan fingerprint density at radius 3 is 2.52 bits per heavy atom. The number of carbonyl (C=O) groups excluding carboxylic acids is 1. The molecule has 0 bridgehead atoms. The third kappa shape index (κ3) is 3.33. The van der Waals surface area contributed by atoms with Gasteiger partial charge in [-0.3, -0.25) is 14.3 Å². The van der Waals surface area contributed by atoms with E-state index in [1.54, 1.807) is 30.5 Å². The van der Waals surface area contributed by atoms with E-state index in [-0.39, 0.29) is 5.91 Å². The molecule has 0 aliphatic heterocycles. The molecule has 118 valence electrons. The summed E-state index contributed by atoms with van der Waals surface area (Å²) in [7, 11) is -1.05. The summed E-state index contributed by atoms with van der Waals surface area (Å²) in [5.41, 5.74) is 3.73. The van der Waals surface area contributed by atoms with E-state index in [9.17, 15) is 9.00 Å². The molecule has 6 heteroatoms. The first-order valence-electron chi connectivity index (χ1n) is 7.06. The number of rotatable bonds is 3. The Morgan fingerprint density at radius 1 is 1.17 bits per heavy atom. The number of aryl methyl sites for hydroxylation is 2. The van der Waals surface area contributed by atoms with Crippen LogP contribution in [-0.4, -0.2) is 21.4 Å². The van der Waals surface area contributed by atoms with Crippen molar-refractivity contribution in [3.05, 3.63) is 53.1 Å². The van der Waals surface area contributed by atoms with Crippen LogP contribution < -0.4 is 5.32 Å². The van der Waals surface area contributed by atoms with Crippen LogP contribution in [-0.2, 0) is 10.8 Å². The lowest BCUT2D eigenvalue weighted by molar-refractivity contribution is 0.102. The monoisotopic (exact) mass is 344 g/mol. The molecule has 1 atom stereocenters. The molecule has 0 spiro atoms. The lowest BCUT2D eigenvalue weighted by Gasteiger charge is -2.02. The number of hydrogen-bond acceptors (Lipinski definition) is 4. The van der Waals surface area contributed by atoms with Crippen molar-refractivity contribution >= 4 is 43.4 Å². The van der Waals surface area contributed by atoms with Gasteiger partial charge >= 0.3 is 0 Å². The predicted molar refractivity (Wildman–Crippen MR) is 95.8 cm³/mol. The van der Waals surface area contributed by atoms with Crippen LogP contribution in [0.3, 0.4) is 0 Å². The summed E-state index contributed by atoms with van der Waals surface area (Å²) < 4.78 is 12.4. The predicted octanol–water partition coefficient (Wildman–Crippen LogP) is 3.90. The molecule has 0 aliphatic carbocycles. The topological polar surface area (TPSA) is 59.1 Å². The maximum atomic E-state index is 12.3. The van der Waals surface area contributed by atoms with Crippen LogP contribution in [0.2, 0.25) is 0 Å². The number of hydrogen-bond donors (Lipinski definition) is 1. The molecule has 0 aliphatic rings. The third-order valence-electron chi connectivity index (χ3n) is 3.50. The van der Waals surface area contributed by atoms with Crippen LogP contribution in [0.5, 0.6) is 0 Å². The Bertz CT molecular complexity index is 914. The Hall–Kier alpha value is -2.05. The summed E-state index contributed by atoms with van der Waals surface area (Å²) in [5.74, 6) is -0.216. The number of aromatic nitrogens is 1. The van der Waals surface area contributed by atoms with Gasteiger partial charge in [-0.15, -0.1) is 0 Å². The van der Waals surface area contributed by atoms with Crippen LogP contribution in [0.4, 0.5) is 5.13 Å². The number of fused-ring (bicyclic) bond motifs is 1. The van der Waals surface area contributed by atoms with Gasteiger partial charge in [-0.1, -0.05) is 17.4 Å². The fraction of sp³-hybridized carbons (Fsp3) is 0.176. The number of nitrogens with one attached hydrogen (secondary N) is 1. The maximum Gasteiger partial charge on any atom is 0.257 e. The lowest BCUT2D eigenvalue weighted by atomic mass is 10.1. The highest BCUT2D eigenvalue weighted by Gasteiger charge is 2.11. The van der Waals surface area contributed by atoms with Crippen molar-refractivity contribution in [2.75, 3.05) is 11.6 Å². The van der Waals surface area contributed by atoms with Crippen molar-refractivity contribution in [3.63, 3.8) is 0 Å². The van der Waals surface area contributed by atoms with Gasteiger partial charge in [0.15, 0.2) is 5.13 Å². The molecule has 4 nitrogen and oxygen atoms in total. The van der Waals surface area contributed by atoms with Crippen molar-refractivity contribution in [1.82, 2.24) is 4.98 Å². The zero-order valence-electron chi connectivity index (χ0n) is 13.0. The molecule has 0 saturated heterocycles. The number of carbonyl (C=O) groups is 1. The van der Waals surface area contributed by atoms with E-state index in [2.05, 4.69) is 22.4 Å². The van der Waals surface area contributed by atoms with Crippen LogP contribution in [0.1, 0.15) is 21.5 Å². The molecule has 0 radical (unpaired) electrons. The fourth-order valence-electron chi connectivity index (χ4n) is 2.39. The summed E-state index contributed by atoms with van der Waals surface area (Å²) in [5, 5.41) is 3.42. The number of nitrogens with zero attached hydrogens (tertiary/aromatic N) is 1. The van der Waals surface area contributed by atoms with Crippen molar-refractivity contribution in [1.29, 1.82) is 0 Å². The van der Waals surface area contributed by atoms with Gasteiger partial charge in [-0.2, -0.15) is 0 Å². The highest BCUT2D eigenvalue weighted by atomic mass is 32.2. The zero-order chi connectivity index (χ0) is 16.6. The molecular formula is C17H16N2O2S2. The van der Waals surface area contributed by atoms with Gasteiger partial charge in [0.2, 0.25) is 0 Å². The second-order valence-corrected chi connectivity index (χ2v) is 7.79. The summed E-state index contributed by atoms with van der Waals surface area (Å²) >= 11 is 1.46. The highest BCUT2D eigenvalue weighted by Crippen LogP contribution is 2.29. The van der Waals surface area contributed by atoms with E-state index in [0.717, 1.165) is 15.8 Å². The average Bonchev–Trinajstić information content (AvgIpc) is 2.90. The van der Waals surface area contributed by atoms with E-state index in [1.807, 2.05) is 13.8 Å². The van der Waals surface area contributed by atoms with Crippen LogP contribution in [0.15, 0.2) is 41.3 Å². The molecule has 1 aromatic heterocycles. The SMILES string of the molecule is Cc1cc(C)c2nc(NC(=O)c3ccc(S(C)=O)cc3)sc2c1. The van der Waals surface area contributed by atoms with E-state index in [0.29, 0.717) is 15.6 Å². The quantitative estimate of drug-likeness (QED) is 0.784. The minimum Gasteiger partial charge on any atom is -0.298 e. The Morgan fingerprint density at radius 2 is 1.87 bits per heavy atom. The van der Waals surface area contributed by atoms with E-state index < -0.39 is 10.8 Å². The van der Waals surface area contributed by atoms with Crippen LogP contribution >= 0.6 is 11.3 Å². The average molecular weight is 344 g/mol. The highest BCUT2D eigenvalue weighted by molar-refractivity contribution is 7.84. The van der Waals surface area contributed by atoms with Crippen LogP contribution in [0.25, 0.3) is 10.2 Å². The first-order chi connectivity index (χ1) is 10.9. The van der Waals surface area contributed by atoms with Crippen molar-refractivity contribution in [3.8, 4) is 0 Å². The summed E-state index contributed by atoms with van der Waals surface area (Å²) in [6.45, 7) is 4.06. The van der Waals surface area contributed by atoms with Crippen LogP contribution in [0, 0.1) is 13.8 Å². The van der Waals surface area contributed by atoms with Gasteiger partial charge in [0.25, 0.3) is 5.91 Å². The normalized spacial score (nSPS) is 12.3. The number of thiazole rings is 1. The first-order valence-corrected chi connectivity index (χ1v) is 9.44. The standard InChI is InChI=1S/C17H16N2O2S2/c1-10-8-11(2)15-14(9-10)22-17(18-15)19-16(20)12-4-6-13(7-5-12)23(3)21/h4-9H,1-3H3,(H,18,19,20). The third-order valence-corrected chi connectivity index (χ3v) is 5.35. The summed E-state index contributed by atoms with van der Waals surface area (Å²) in [6.07, 6.45) is 1.61. The molecule has 2 aromatic carbocycles. The van der Waals surface area contributed by atoms with E-state index >= 15 is 0 Å². The number of amides is 1. The van der Waals surface area contributed by atoms with Gasteiger partial charge in [0.1, 0.15) is 0 Å². The molecule has 0 saturated carbocycles. The van der Waals surface area contributed by atoms with Gasteiger partial charge in [0, 0.05) is 27.5 Å². The second kappa shape index (κ2) is 6.22. The minimum atomic E-state index is -1.05. The molecule has 1 unspecified atom stereocenters. The molecule has 0 fully saturated rings. The van der Waals surface area contributed by atoms with Crippen molar-refractivity contribution < 1.29 is 9.00 Å². The Kier molecular flexibility index (Phi) is 4.28. The van der Waals surface area contributed by atoms with Crippen molar-refractivity contribution in [2.24, 2.45) is 0 Å². The number of benzene rings is 2. The van der Waals surface area contributed by atoms with E-state index in [4.69, 9.17) is 0 Å². The second-order valence-electron chi connectivity index (χ2n) is 5.38. The smallest absolute Gasteiger partial charge is 0.257 e. The van der Waals surface area contributed by atoms with Gasteiger partial charge in [-0.25, -0.2) is 4.98 Å². The molecule has 1 N–H and O–H groups in total. The molecule has 3 rings (SSSR count). The van der Waals surface area contributed by atoms with Gasteiger partial charge in [0.05, 0.1) is 10.2 Å². The Labute approximate surface area is 141 Å². The Balaban J connectivity index is 1.85. The fourth-order valence-corrected chi connectivity index (χ4v) is 3.95. The molecule has 1 heterocycles. The molecule has 1 amide bonds. The summed E-state index contributed by atoms with van der Waals surface area (Å²) in [6, 6.07) is 10.9. The number of anilines is 1. The summed E-state index contributed by atoms with van der Waals surface area (Å²) in [4.78, 5) is 17.5. The van der Waals surface area contributed by atoms with Crippen molar-refractivity contribution in [2.45, 2.75) is 18.7 Å². The van der Waals surface area contributed by atoms with Gasteiger partial charge < -0.3 is 0 Å². The molecule has 3 aromatic rings. The molecular weight excluding hydrogens is 328 g/mol. The van der Waals surface area contributed by atoms with Gasteiger partial charge in [-0.05, 0) is 55.3 Å².